The number of nitrogens with one attached hydrogen (secondary N) is 3. The molecular weight excluding hydrogens is 542 g/mol. The fourth-order valence-electron chi connectivity index (χ4n) is 5.03. The van der Waals surface area contributed by atoms with Gasteiger partial charge in [0.1, 0.15) is 15.7 Å². The zero-order valence-electron chi connectivity index (χ0n) is 23.8. The molecule has 1 heterocycles. The van der Waals surface area contributed by atoms with Gasteiger partial charge in [-0.05, 0) is 62.8 Å². The maximum atomic E-state index is 12.4. The van der Waals surface area contributed by atoms with Gasteiger partial charge in [-0.25, -0.2) is 23.0 Å². The third-order valence-corrected chi connectivity index (χ3v) is 7.99. The van der Waals surface area contributed by atoms with Gasteiger partial charge in [-0.3, -0.25) is 0 Å². The summed E-state index contributed by atoms with van der Waals surface area (Å²) in [6.45, 7) is 4.36. The van der Waals surface area contributed by atoms with E-state index in [0.29, 0.717) is 18.8 Å². The van der Waals surface area contributed by atoms with Gasteiger partial charge in [0, 0.05) is 37.0 Å². The summed E-state index contributed by atoms with van der Waals surface area (Å²) >= 11 is 0. The summed E-state index contributed by atoms with van der Waals surface area (Å²) < 4.78 is 31.3. The zero-order valence-corrected chi connectivity index (χ0v) is 24.6. The van der Waals surface area contributed by atoms with Crippen molar-refractivity contribution >= 4 is 27.6 Å². The Morgan fingerprint density at radius 2 is 1.71 bits per heavy atom. The average molecular weight is 582 g/mol. The zero-order chi connectivity index (χ0) is 29.4. The quantitative estimate of drug-likeness (QED) is 0.306. The number of carbonyl (C=O) groups is 2. The van der Waals surface area contributed by atoms with Crippen LogP contribution in [0.15, 0.2) is 60.8 Å². The Morgan fingerprint density at radius 1 is 1.02 bits per heavy atom. The summed E-state index contributed by atoms with van der Waals surface area (Å²) in [4.78, 5) is 29.1. The standard InChI is InChI=1S/C30H39N5O5S/c1-21(2)40-30(37)34-26-15-11-24(12-16-26)28-31-20-27(35(28)17-18-41(3,38)39)23-9-13-25(14-10-23)33-29(36)32-19-22-7-5-4-6-8-22/h4-10,13-14,20-21,24,26H,11-12,15-19H2,1-3H3,(H,34,37)(H2,32,33,36). The molecule has 0 aliphatic heterocycles. The van der Waals surface area contributed by atoms with Gasteiger partial charge in [0.15, 0.2) is 0 Å². The number of sulfone groups is 1. The number of hydrogen-bond acceptors (Lipinski definition) is 6. The first-order valence-electron chi connectivity index (χ1n) is 14.0. The van der Waals surface area contributed by atoms with Crippen molar-refractivity contribution in [1.82, 2.24) is 20.2 Å². The number of nitrogens with zero attached hydrogens (tertiary/aromatic N) is 2. The van der Waals surface area contributed by atoms with Gasteiger partial charge in [-0.1, -0.05) is 42.5 Å². The van der Waals surface area contributed by atoms with Gasteiger partial charge in [0.25, 0.3) is 0 Å². The van der Waals surface area contributed by atoms with E-state index in [9.17, 15) is 18.0 Å². The molecule has 0 bridgehead atoms. The number of benzene rings is 2. The molecule has 2 aromatic carbocycles. The average Bonchev–Trinajstić information content (AvgIpc) is 3.35. The van der Waals surface area contributed by atoms with Crippen LogP contribution in [-0.2, 0) is 27.7 Å². The molecule has 1 saturated carbocycles. The summed E-state index contributed by atoms with van der Waals surface area (Å²) in [7, 11) is -3.19. The van der Waals surface area contributed by atoms with Crippen molar-refractivity contribution < 1.29 is 22.7 Å². The van der Waals surface area contributed by atoms with E-state index < -0.39 is 15.9 Å². The lowest BCUT2D eigenvalue weighted by Crippen LogP contribution is -2.38. The van der Waals surface area contributed by atoms with Crippen molar-refractivity contribution in [3.63, 3.8) is 0 Å². The molecule has 0 spiro atoms. The lowest BCUT2D eigenvalue weighted by molar-refractivity contribution is 0.109. The maximum absolute atomic E-state index is 12.4. The molecule has 0 radical (unpaired) electrons. The van der Waals surface area contributed by atoms with E-state index in [2.05, 4.69) is 16.0 Å². The van der Waals surface area contributed by atoms with Crippen LogP contribution in [0.2, 0.25) is 0 Å². The van der Waals surface area contributed by atoms with E-state index in [0.717, 1.165) is 48.3 Å². The highest BCUT2D eigenvalue weighted by Crippen LogP contribution is 2.35. The molecule has 220 valence electrons. The molecule has 41 heavy (non-hydrogen) atoms. The highest BCUT2D eigenvalue weighted by molar-refractivity contribution is 7.90. The fraction of sp³-hybridized carbons (Fsp3) is 0.433. The summed E-state index contributed by atoms with van der Waals surface area (Å²) in [5.74, 6) is 1.01. The monoisotopic (exact) mass is 581 g/mol. The van der Waals surface area contributed by atoms with Gasteiger partial charge in [0.05, 0.1) is 23.7 Å². The van der Waals surface area contributed by atoms with E-state index in [4.69, 9.17) is 9.72 Å². The predicted octanol–water partition coefficient (Wildman–Crippen LogP) is 5.08. The smallest absolute Gasteiger partial charge is 0.407 e. The van der Waals surface area contributed by atoms with Crippen LogP contribution in [-0.4, -0.2) is 54.2 Å². The summed E-state index contributed by atoms with van der Waals surface area (Å²) in [6, 6.07) is 16.8. The Hall–Kier alpha value is -3.86. The number of rotatable bonds is 10. The maximum Gasteiger partial charge on any atom is 0.407 e. The molecule has 4 rings (SSSR count). The van der Waals surface area contributed by atoms with Crippen LogP contribution >= 0.6 is 0 Å². The first kappa shape index (κ1) is 30.1. The first-order valence-corrected chi connectivity index (χ1v) is 16.0. The van der Waals surface area contributed by atoms with E-state index in [1.165, 1.54) is 6.26 Å². The Bertz CT molecular complexity index is 1410. The number of aromatic nitrogens is 2. The highest BCUT2D eigenvalue weighted by Gasteiger charge is 2.28. The second-order valence-corrected chi connectivity index (χ2v) is 13.1. The van der Waals surface area contributed by atoms with Crippen molar-refractivity contribution in [2.24, 2.45) is 0 Å². The lowest BCUT2D eigenvalue weighted by atomic mass is 9.85. The number of ether oxygens (including phenoxy) is 1. The minimum Gasteiger partial charge on any atom is -0.447 e. The first-order chi connectivity index (χ1) is 19.6. The van der Waals surface area contributed by atoms with Crippen LogP contribution in [0, 0.1) is 0 Å². The molecular formula is C30H39N5O5S. The number of urea groups is 1. The lowest BCUT2D eigenvalue weighted by Gasteiger charge is -2.29. The number of hydrogen-bond donors (Lipinski definition) is 3. The third-order valence-electron chi connectivity index (χ3n) is 7.06. The number of anilines is 1. The highest BCUT2D eigenvalue weighted by atomic mass is 32.2. The number of carbonyl (C=O) groups excluding carboxylic acids is 2. The largest absolute Gasteiger partial charge is 0.447 e. The molecule has 3 amide bonds. The summed E-state index contributed by atoms with van der Waals surface area (Å²) in [5.41, 5.74) is 3.35. The number of imidazole rings is 1. The SMILES string of the molecule is CC(C)OC(=O)NC1CCC(c2ncc(-c3ccc(NC(=O)NCc4ccccc4)cc3)n2CCS(C)(=O)=O)CC1. The van der Waals surface area contributed by atoms with E-state index in [1.807, 2.05) is 73.0 Å². The van der Waals surface area contributed by atoms with Gasteiger partial charge >= 0.3 is 12.1 Å². The molecule has 10 nitrogen and oxygen atoms in total. The molecule has 1 aliphatic rings. The van der Waals surface area contributed by atoms with Crippen LogP contribution in [0.25, 0.3) is 11.3 Å². The van der Waals surface area contributed by atoms with E-state index in [1.54, 1.807) is 6.20 Å². The van der Waals surface area contributed by atoms with Crippen LogP contribution in [0.5, 0.6) is 0 Å². The van der Waals surface area contributed by atoms with Gasteiger partial charge in [-0.15, -0.1) is 0 Å². The molecule has 1 fully saturated rings. The molecule has 1 aromatic heterocycles. The minimum atomic E-state index is -3.19. The predicted molar refractivity (Wildman–Crippen MR) is 159 cm³/mol. The second-order valence-electron chi connectivity index (χ2n) is 10.8. The number of amides is 3. The molecule has 3 aromatic rings. The van der Waals surface area contributed by atoms with E-state index in [-0.39, 0.29) is 29.8 Å². The van der Waals surface area contributed by atoms with Crippen molar-refractivity contribution in [3.8, 4) is 11.3 Å². The molecule has 0 unspecified atom stereocenters. The molecule has 0 atom stereocenters. The van der Waals surface area contributed by atoms with Crippen molar-refractivity contribution in [2.75, 3.05) is 17.3 Å². The fourth-order valence-corrected chi connectivity index (χ4v) is 5.54. The Morgan fingerprint density at radius 3 is 2.34 bits per heavy atom. The Labute approximate surface area is 241 Å². The molecule has 1 aliphatic carbocycles. The van der Waals surface area contributed by atoms with Crippen LogP contribution in [0.3, 0.4) is 0 Å². The van der Waals surface area contributed by atoms with Gasteiger partial charge < -0.3 is 25.3 Å². The topological polar surface area (TPSA) is 131 Å². The van der Waals surface area contributed by atoms with Crippen LogP contribution < -0.4 is 16.0 Å². The van der Waals surface area contributed by atoms with Crippen molar-refractivity contribution in [3.05, 3.63) is 72.2 Å². The van der Waals surface area contributed by atoms with Crippen molar-refractivity contribution in [1.29, 1.82) is 0 Å². The van der Waals surface area contributed by atoms with E-state index >= 15 is 0 Å². The molecule has 0 saturated heterocycles. The van der Waals surface area contributed by atoms with Gasteiger partial charge in [-0.2, -0.15) is 0 Å². The summed E-state index contributed by atoms with van der Waals surface area (Å²) in [5, 5.41) is 8.63. The Kier molecular flexibility index (Phi) is 10.0. The molecule has 11 heteroatoms. The van der Waals surface area contributed by atoms with Crippen LogP contribution in [0.1, 0.15) is 56.8 Å². The normalized spacial score (nSPS) is 17.2. The number of alkyl carbamates (subject to hydrolysis) is 1. The van der Waals surface area contributed by atoms with Gasteiger partial charge in [0.2, 0.25) is 0 Å². The van der Waals surface area contributed by atoms with Crippen LogP contribution in [0.4, 0.5) is 15.3 Å². The summed E-state index contributed by atoms with van der Waals surface area (Å²) in [6.07, 6.45) is 5.68. The minimum absolute atomic E-state index is 0.00251. The third kappa shape index (κ3) is 9.07. The molecule has 3 N–H and O–H groups in total. The Balaban J connectivity index is 1.43. The van der Waals surface area contributed by atoms with Crippen molar-refractivity contribution in [2.45, 2.75) is 70.7 Å². The second kappa shape index (κ2) is 13.7.